The Hall–Kier alpha value is -1.84. The normalized spacial score (nSPS) is 20.8. The molecule has 1 aromatic carbocycles. The fourth-order valence-corrected chi connectivity index (χ4v) is 3.77. The first-order valence-corrected chi connectivity index (χ1v) is 8.02. The van der Waals surface area contributed by atoms with Gasteiger partial charge in [0.2, 0.25) is 5.36 Å². The molecule has 0 amide bonds. The number of aromatic hydroxyl groups is 1. The molecule has 1 saturated carbocycles. The van der Waals surface area contributed by atoms with Gasteiger partial charge in [-0.3, -0.25) is 4.99 Å². The van der Waals surface area contributed by atoms with Gasteiger partial charge in [0.1, 0.15) is 19.3 Å². The van der Waals surface area contributed by atoms with Crippen LogP contribution in [0.15, 0.2) is 11.1 Å². The molecular formula is C17H22N3O+. The summed E-state index contributed by atoms with van der Waals surface area (Å²) in [5.74, 6) is 0.320. The van der Waals surface area contributed by atoms with Crippen molar-refractivity contribution < 1.29 is 5.11 Å². The lowest BCUT2D eigenvalue weighted by atomic mass is 9.95. The zero-order valence-corrected chi connectivity index (χ0v) is 12.5. The number of phenolic OH excluding ortho intramolecular Hbond substituents is 1. The second-order valence-electron chi connectivity index (χ2n) is 6.45. The summed E-state index contributed by atoms with van der Waals surface area (Å²) >= 11 is 0. The van der Waals surface area contributed by atoms with Crippen LogP contribution >= 0.6 is 0 Å². The molecule has 4 rings (SSSR count). The first-order chi connectivity index (χ1) is 10.2. The molecule has 0 bridgehead atoms. The Morgan fingerprint density at radius 3 is 2.90 bits per heavy atom. The zero-order chi connectivity index (χ0) is 14.4. The number of aliphatic imine (C=N–C) groups is 1. The van der Waals surface area contributed by atoms with E-state index in [1.807, 2.05) is 6.21 Å². The van der Waals surface area contributed by atoms with Gasteiger partial charge in [-0.25, -0.2) is 4.58 Å². The van der Waals surface area contributed by atoms with Gasteiger partial charge in [-0.15, -0.1) is 0 Å². The lowest BCUT2D eigenvalue weighted by molar-refractivity contribution is 0.453. The average Bonchev–Trinajstić information content (AvgIpc) is 2.93. The van der Waals surface area contributed by atoms with Crippen LogP contribution in [0.4, 0.5) is 11.4 Å². The highest BCUT2D eigenvalue weighted by atomic mass is 16.3. The Bertz CT molecular complexity index is 742. The monoisotopic (exact) mass is 284 g/mol. The van der Waals surface area contributed by atoms with Crippen LogP contribution in [0.2, 0.25) is 0 Å². The van der Waals surface area contributed by atoms with E-state index in [1.54, 1.807) is 0 Å². The summed E-state index contributed by atoms with van der Waals surface area (Å²) in [5.41, 5.74) is 2.87. The molecule has 110 valence electrons. The first-order valence-electron chi connectivity index (χ1n) is 8.02. The van der Waals surface area contributed by atoms with E-state index < -0.39 is 0 Å². The number of anilines is 1. The molecule has 2 N–H and O–H groups in total. The molecule has 0 spiro atoms. The molecule has 1 aromatic rings. The van der Waals surface area contributed by atoms with Crippen LogP contribution in [0.5, 0.6) is 5.75 Å². The van der Waals surface area contributed by atoms with Crippen molar-refractivity contribution in [2.75, 3.05) is 18.9 Å². The van der Waals surface area contributed by atoms with E-state index in [9.17, 15) is 5.11 Å². The van der Waals surface area contributed by atoms with Crippen LogP contribution in [-0.4, -0.2) is 31.0 Å². The maximum absolute atomic E-state index is 10.6. The van der Waals surface area contributed by atoms with Gasteiger partial charge >= 0.3 is 0 Å². The standard InChI is InChI=1S/C17H21N3O/c1-20-8-7-11-10-18-16-15(11)14(20)9-13(17(16)21)19-12-5-3-2-4-6-12/h9-10,12H,2-8H2,1H3,(H,18,19,21)/p+1. The smallest absolute Gasteiger partial charge is 0.211 e. The SMILES string of the molecule is C[N+]1=c2cc(NC3CCCCC3)c(O)c3c2=C(C=N3)CC1. The topological polar surface area (TPSA) is 47.6 Å². The molecule has 1 aliphatic carbocycles. The Balaban J connectivity index is 1.82. The number of benzene rings is 1. The van der Waals surface area contributed by atoms with Gasteiger partial charge in [-0.2, -0.15) is 0 Å². The highest BCUT2D eigenvalue weighted by Crippen LogP contribution is 2.34. The molecule has 4 nitrogen and oxygen atoms in total. The van der Waals surface area contributed by atoms with Crippen molar-refractivity contribution in [1.82, 2.24) is 4.58 Å². The lowest BCUT2D eigenvalue weighted by Gasteiger charge is -2.24. The third kappa shape index (κ3) is 2.04. The molecule has 21 heavy (non-hydrogen) atoms. The van der Waals surface area contributed by atoms with Gasteiger partial charge in [0.05, 0.1) is 10.9 Å². The molecule has 0 atom stereocenters. The molecule has 0 aromatic heterocycles. The van der Waals surface area contributed by atoms with Crippen molar-refractivity contribution in [3.8, 4) is 5.75 Å². The summed E-state index contributed by atoms with van der Waals surface area (Å²) in [4.78, 5) is 4.46. The van der Waals surface area contributed by atoms with E-state index in [1.165, 1.54) is 43.0 Å². The quantitative estimate of drug-likeness (QED) is 0.639. The highest BCUT2D eigenvalue weighted by Gasteiger charge is 2.25. The second-order valence-corrected chi connectivity index (χ2v) is 6.45. The molecule has 4 heteroatoms. The predicted molar refractivity (Wildman–Crippen MR) is 86.1 cm³/mol. The van der Waals surface area contributed by atoms with Crippen molar-refractivity contribution in [3.63, 3.8) is 0 Å². The van der Waals surface area contributed by atoms with E-state index in [4.69, 9.17) is 0 Å². The fraction of sp³-hybridized carbons (Fsp3) is 0.529. The molecular weight excluding hydrogens is 262 g/mol. The van der Waals surface area contributed by atoms with E-state index in [0.29, 0.717) is 11.8 Å². The maximum Gasteiger partial charge on any atom is 0.211 e. The number of nitrogens with zero attached hydrogens (tertiary/aromatic N) is 2. The van der Waals surface area contributed by atoms with Crippen LogP contribution in [0.3, 0.4) is 0 Å². The molecule has 1 fully saturated rings. The molecule has 0 radical (unpaired) electrons. The van der Waals surface area contributed by atoms with Crippen molar-refractivity contribution in [1.29, 1.82) is 0 Å². The second kappa shape index (κ2) is 4.86. The summed E-state index contributed by atoms with van der Waals surface area (Å²) in [6, 6.07) is 2.59. The summed E-state index contributed by atoms with van der Waals surface area (Å²) in [5, 5.41) is 16.5. The fourth-order valence-electron chi connectivity index (χ4n) is 3.77. The van der Waals surface area contributed by atoms with Crippen LogP contribution in [0.1, 0.15) is 38.5 Å². The molecule has 3 aliphatic rings. The van der Waals surface area contributed by atoms with Crippen LogP contribution in [0.25, 0.3) is 5.57 Å². The number of rotatable bonds is 2. The summed E-state index contributed by atoms with van der Waals surface area (Å²) < 4.78 is 2.27. The van der Waals surface area contributed by atoms with Gasteiger partial charge in [0, 0.05) is 24.7 Å². The zero-order valence-electron chi connectivity index (χ0n) is 12.5. The minimum Gasteiger partial charge on any atom is -0.504 e. The average molecular weight is 284 g/mol. The van der Waals surface area contributed by atoms with Crippen LogP contribution in [0, 0.1) is 0 Å². The Morgan fingerprint density at radius 1 is 1.29 bits per heavy atom. The third-order valence-electron chi connectivity index (χ3n) is 5.02. The Kier molecular flexibility index (Phi) is 2.98. The maximum atomic E-state index is 10.6. The highest BCUT2D eigenvalue weighted by molar-refractivity contribution is 6.08. The summed E-state index contributed by atoms with van der Waals surface area (Å²) in [6.45, 7) is 1.02. The van der Waals surface area contributed by atoms with Gasteiger partial charge in [0.15, 0.2) is 5.75 Å². The van der Waals surface area contributed by atoms with Crippen molar-refractivity contribution in [2.45, 2.75) is 44.6 Å². The van der Waals surface area contributed by atoms with Gasteiger partial charge in [-0.05, 0) is 18.4 Å². The minimum atomic E-state index is 0.320. The molecule has 2 aliphatic heterocycles. The Morgan fingerprint density at radius 2 is 2.10 bits per heavy atom. The van der Waals surface area contributed by atoms with Crippen molar-refractivity contribution in [3.05, 3.63) is 16.6 Å². The third-order valence-corrected chi connectivity index (χ3v) is 5.02. The summed E-state index contributed by atoms with van der Waals surface area (Å²) in [6.07, 6.45) is 9.23. The predicted octanol–water partition coefficient (Wildman–Crippen LogP) is 1.53. The minimum absolute atomic E-state index is 0.320. The van der Waals surface area contributed by atoms with Crippen molar-refractivity contribution >= 4 is 23.2 Å². The Labute approximate surface area is 124 Å². The van der Waals surface area contributed by atoms with Gasteiger partial charge in [0.25, 0.3) is 0 Å². The van der Waals surface area contributed by atoms with Crippen LogP contribution < -0.4 is 20.5 Å². The number of hydrogen-bond donors (Lipinski definition) is 2. The van der Waals surface area contributed by atoms with E-state index in [0.717, 1.165) is 29.6 Å². The van der Waals surface area contributed by atoms with E-state index >= 15 is 0 Å². The first kappa shape index (κ1) is 12.9. The van der Waals surface area contributed by atoms with E-state index in [2.05, 4.69) is 28.0 Å². The van der Waals surface area contributed by atoms with E-state index in [-0.39, 0.29) is 0 Å². The number of hydrogen-bond acceptors (Lipinski definition) is 3. The molecule has 0 unspecified atom stereocenters. The largest absolute Gasteiger partial charge is 0.504 e. The number of nitrogens with one attached hydrogen (secondary N) is 1. The van der Waals surface area contributed by atoms with Crippen molar-refractivity contribution in [2.24, 2.45) is 4.99 Å². The molecule has 0 saturated heterocycles. The number of phenols is 1. The lowest BCUT2D eigenvalue weighted by Crippen LogP contribution is -2.43. The van der Waals surface area contributed by atoms with Crippen LogP contribution in [-0.2, 0) is 0 Å². The van der Waals surface area contributed by atoms with Gasteiger partial charge in [-0.1, -0.05) is 19.3 Å². The van der Waals surface area contributed by atoms with Gasteiger partial charge < -0.3 is 10.4 Å². The summed E-state index contributed by atoms with van der Waals surface area (Å²) in [7, 11) is 2.12. The molecule has 2 heterocycles.